The molecule has 1 atom stereocenters. The van der Waals surface area contributed by atoms with Gasteiger partial charge in [0.2, 0.25) is 5.69 Å². The Morgan fingerprint density at radius 1 is 1.17 bits per heavy atom. The minimum Gasteiger partial charge on any atom is -0.618 e. The number of pyridine rings is 2. The van der Waals surface area contributed by atoms with E-state index < -0.39 is 5.82 Å². The van der Waals surface area contributed by atoms with Crippen LogP contribution < -0.4 is 10.5 Å². The van der Waals surface area contributed by atoms with E-state index in [1.165, 1.54) is 23.3 Å². The lowest BCUT2D eigenvalue weighted by Crippen LogP contribution is -2.34. The lowest BCUT2D eigenvalue weighted by atomic mass is 10.0. The number of fused-ring (bicyclic) bond motifs is 1. The zero-order valence-electron chi connectivity index (χ0n) is 18.4. The summed E-state index contributed by atoms with van der Waals surface area (Å²) in [5, 5.41) is 29.1. The number of hydrogen-bond donors (Lipinski definition) is 1. The molecule has 4 heterocycles. The molecule has 5 aromatic rings. The Hall–Kier alpha value is -4.09. The number of aromatic nitrogens is 8. The topological polar surface area (TPSA) is 127 Å². The number of tetrazole rings is 1. The lowest BCUT2D eigenvalue weighted by molar-refractivity contribution is -0.615. The number of halogens is 3. The van der Waals surface area contributed by atoms with Gasteiger partial charge in [0.1, 0.15) is 23.3 Å². The van der Waals surface area contributed by atoms with Crippen molar-refractivity contribution < 1.29 is 9.12 Å². The highest BCUT2D eigenvalue weighted by Crippen LogP contribution is 2.38. The molecule has 0 bridgehead atoms. The van der Waals surface area contributed by atoms with E-state index in [9.17, 15) is 5.21 Å². The Bertz CT molecular complexity index is 1620. The highest BCUT2D eigenvalue weighted by molar-refractivity contribution is 6.32. The Kier molecular flexibility index (Phi) is 5.31. The molecule has 0 aliphatic heterocycles. The number of rotatable bonds is 4. The summed E-state index contributed by atoms with van der Waals surface area (Å²) in [7, 11) is 0. The van der Waals surface area contributed by atoms with Gasteiger partial charge in [-0.15, -0.1) is 5.10 Å². The molecule has 6 rings (SSSR count). The number of nitrogen functional groups attached to an aromatic ring is 1. The molecule has 0 radical (unpaired) electrons. The van der Waals surface area contributed by atoms with Crippen LogP contribution in [-0.4, -0.2) is 35.0 Å². The molecule has 0 saturated carbocycles. The van der Waals surface area contributed by atoms with E-state index in [0.717, 1.165) is 15.9 Å². The average Bonchev–Trinajstić information content (AvgIpc) is 3.61. The van der Waals surface area contributed by atoms with E-state index in [4.69, 9.17) is 28.9 Å². The van der Waals surface area contributed by atoms with Gasteiger partial charge in [-0.25, -0.2) is 9.37 Å². The van der Waals surface area contributed by atoms with Gasteiger partial charge in [0.15, 0.2) is 12.0 Å². The van der Waals surface area contributed by atoms with E-state index in [1.807, 2.05) is 6.20 Å². The van der Waals surface area contributed by atoms with Gasteiger partial charge in [-0.3, -0.25) is 4.68 Å². The molecule has 1 aliphatic carbocycles. The number of nitrogens with two attached hydrogens (primary N) is 1. The summed E-state index contributed by atoms with van der Waals surface area (Å²) in [6.45, 7) is 0. The molecule has 13 heteroatoms. The van der Waals surface area contributed by atoms with Crippen LogP contribution in [0.3, 0.4) is 0 Å². The van der Waals surface area contributed by atoms with Gasteiger partial charge in [-0.2, -0.15) is 14.5 Å². The first kappa shape index (κ1) is 22.4. The van der Waals surface area contributed by atoms with Gasteiger partial charge in [-0.05, 0) is 53.6 Å². The largest absolute Gasteiger partial charge is 0.618 e. The summed E-state index contributed by atoms with van der Waals surface area (Å²) in [5.41, 5.74) is 9.34. The average molecular weight is 524 g/mol. The van der Waals surface area contributed by atoms with Crippen molar-refractivity contribution in [3.05, 3.63) is 87.7 Å². The van der Waals surface area contributed by atoms with Crippen LogP contribution in [0.1, 0.15) is 23.7 Å². The summed E-state index contributed by atoms with van der Waals surface area (Å²) in [4.78, 5) is 4.08. The standard InChI is InChI=1S/C23H16Cl2FN9O/c24-16-3-5-17(34-11-28-31-32-34)20(21(16)26)13-7-12-1-4-18(22(12)35(36)10-13)33-9-14(8-29-33)15-2-6-19(27)30-23(15)25/h2-3,5-11,18H,1,4H2,(H2,27,30)/t18-/m1/s1. The molecule has 1 aromatic carbocycles. The van der Waals surface area contributed by atoms with Gasteiger partial charge < -0.3 is 10.9 Å². The summed E-state index contributed by atoms with van der Waals surface area (Å²) >= 11 is 12.3. The fraction of sp³-hybridized carbons (Fsp3) is 0.130. The lowest BCUT2D eigenvalue weighted by Gasteiger charge is -2.15. The van der Waals surface area contributed by atoms with Crippen molar-refractivity contribution in [3.63, 3.8) is 0 Å². The van der Waals surface area contributed by atoms with Crippen molar-refractivity contribution in [2.24, 2.45) is 0 Å². The quantitative estimate of drug-likeness (QED) is 0.215. The Morgan fingerprint density at radius 3 is 2.81 bits per heavy atom. The van der Waals surface area contributed by atoms with Crippen LogP contribution in [0.15, 0.2) is 55.2 Å². The van der Waals surface area contributed by atoms with Crippen LogP contribution in [0.2, 0.25) is 10.2 Å². The molecular weight excluding hydrogens is 508 g/mol. The van der Waals surface area contributed by atoms with Crippen molar-refractivity contribution in [2.75, 3.05) is 5.73 Å². The number of aryl methyl sites for hydroxylation is 1. The maximum atomic E-state index is 15.2. The van der Waals surface area contributed by atoms with Gasteiger partial charge in [0.05, 0.1) is 28.0 Å². The molecule has 0 amide bonds. The summed E-state index contributed by atoms with van der Waals surface area (Å²) in [6.07, 6.45) is 7.43. The van der Waals surface area contributed by atoms with Crippen molar-refractivity contribution in [3.8, 4) is 27.9 Å². The molecular formula is C23H16Cl2FN9O. The molecule has 10 nitrogen and oxygen atoms in total. The third kappa shape index (κ3) is 3.64. The minimum atomic E-state index is -0.662. The molecule has 0 spiro atoms. The molecule has 36 heavy (non-hydrogen) atoms. The normalized spacial score (nSPS) is 14.8. The van der Waals surface area contributed by atoms with E-state index in [2.05, 4.69) is 25.6 Å². The van der Waals surface area contributed by atoms with Crippen molar-refractivity contribution in [2.45, 2.75) is 18.9 Å². The maximum Gasteiger partial charge on any atom is 0.220 e. The second-order valence-corrected chi connectivity index (χ2v) is 9.08. The fourth-order valence-corrected chi connectivity index (χ4v) is 5.04. The van der Waals surface area contributed by atoms with Crippen LogP contribution in [0.25, 0.3) is 27.9 Å². The second kappa shape index (κ2) is 8.54. The third-order valence-corrected chi connectivity index (χ3v) is 6.79. The Labute approximate surface area is 213 Å². The highest BCUT2D eigenvalue weighted by Gasteiger charge is 2.34. The van der Waals surface area contributed by atoms with E-state index in [0.29, 0.717) is 41.2 Å². The molecule has 180 valence electrons. The zero-order chi connectivity index (χ0) is 25.0. The monoisotopic (exact) mass is 523 g/mol. The van der Waals surface area contributed by atoms with Gasteiger partial charge in [0.25, 0.3) is 0 Å². The number of anilines is 1. The molecule has 0 fully saturated rings. The minimum absolute atomic E-state index is 0.0717. The zero-order valence-corrected chi connectivity index (χ0v) is 19.9. The van der Waals surface area contributed by atoms with Gasteiger partial charge >= 0.3 is 0 Å². The first-order valence-corrected chi connectivity index (χ1v) is 11.6. The number of nitrogens with zero attached hydrogens (tertiary/aromatic N) is 8. The van der Waals surface area contributed by atoms with Crippen LogP contribution in [0.4, 0.5) is 10.2 Å². The number of benzene rings is 1. The summed E-state index contributed by atoms with van der Waals surface area (Å²) in [5.74, 6) is -0.340. The molecule has 2 N–H and O–H groups in total. The van der Waals surface area contributed by atoms with Crippen LogP contribution in [0.5, 0.6) is 0 Å². The van der Waals surface area contributed by atoms with Gasteiger partial charge in [0, 0.05) is 22.9 Å². The Morgan fingerprint density at radius 2 is 2.03 bits per heavy atom. The maximum absolute atomic E-state index is 15.2. The number of hydrogen-bond acceptors (Lipinski definition) is 7. The predicted molar refractivity (Wildman–Crippen MR) is 130 cm³/mol. The van der Waals surface area contributed by atoms with Crippen molar-refractivity contribution in [1.29, 1.82) is 0 Å². The van der Waals surface area contributed by atoms with E-state index in [-0.39, 0.29) is 21.8 Å². The SMILES string of the molecule is Nc1ccc(-c2cnn([C@@H]3CCc4cc(-c5c(-n6cnnn6)ccc(Cl)c5F)c[n+]([O-])c43)c2)c(Cl)n1. The molecule has 1 aliphatic rings. The first-order valence-electron chi connectivity index (χ1n) is 10.8. The van der Waals surface area contributed by atoms with Crippen LogP contribution in [-0.2, 0) is 6.42 Å². The van der Waals surface area contributed by atoms with Crippen LogP contribution in [0, 0.1) is 11.0 Å². The van der Waals surface area contributed by atoms with Gasteiger partial charge in [-0.1, -0.05) is 23.2 Å². The Balaban J connectivity index is 1.41. The van der Waals surface area contributed by atoms with E-state index >= 15 is 4.39 Å². The molecule has 0 unspecified atom stereocenters. The summed E-state index contributed by atoms with van der Waals surface area (Å²) in [6, 6.07) is 7.96. The second-order valence-electron chi connectivity index (χ2n) is 8.31. The predicted octanol–water partition coefficient (Wildman–Crippen LogP) is 3.78. The molecule has 0 saturated heterocycles. The third-order valence-electron chi connectivity index (χ3n) is 6.21. The van der Waals surface area contributed by atoms with E-state index in [1.54, 1.807) is 35.1 Å². The van der Waals surface area contributed by atoms with Crippen LogP contribution >= 0.6 is 23.2 Å². The fourth-order valence-electron chi connectivity index (χ4n) is 4.61. The van der Waals surface area contributed by atoms with Crippen molar-refractivity contribution >= 4 is 29.0 Å². The van der Waals surface area contributed by atoms with Crippen molar-refractivity contribution in [1.82, 2.24) is 35.0 Å². The smallest absolute Gasteiger partial charge is 0.220 e. The molecule has 4 aromatic heterocycles. The first-order chi connectivity index (χ1) is 17.4. The highest BCUT2D eigenvalue weighted by atomic mass is 35.5. The summed E-state index contributed by atoms with van der Waals surface area (Å²) < 4.78 is 19.0.